The Balaban J connectivity index is 2.22. The van der Waals surface area contributed by atoms with Crippen LogP contribution in [0.4, 0.5) is 0 Å². The van der Waals surface area contributed by atoms with E-state index in [0.717, 1.165) is 11.8 Å². The highest BCUT2D eigenvalue weighted by molar-refractivity contribution is 4.91. The molecular formula is C12H25N. The molecule has 1 nitrogen and oxygen atoms in total. The van der Waals surface area contributed by atoms with Crippen molar-refractivity contribution in [2.24, 2.45) is 17.3 Å². The number of hydrogen-bond donors (Lipinski definition) is 0. The first kappa shape index (κ1) is 11.0. The van der Waals surface area contributed by atoms with Crippen LogP contribution in [0.25, 0.3) is 0 Å². The Morgan fingerprint density at radius 3 is 2.23 bits per heavy atom. The van der Waals surface area contributed by atoms with Gasteiger partial charge in [0.1, 0.15) is 0 Å². The zero-order chi connectivity index (χ0) is 10.1. The van der Waals surface area contributed by atoms with Crippen molar-refractivity contribution in [1.82, 2.24) is 4.90 Å². The summed E-state index contributed by atoms with van der Waals surface area (Å²) in [6, 6.07) is 0. The van der Waals surface area contributed by atoms with Gasteiger partial charge in [-0.2, -0.15) is 0 Å². The van der Waals surface area contributed by atoms with Crippen LogP contribution in [0.1, 0.15) is 40.0 Å². The van der Waals surface area contributed by atoms with Crippen LogP contribution in [-0.4, -0.2) is 25.5 Å². The first-order valence-electron chi connectivity index (χ1n) is 5.58. The van der Waals surface area contributed by atoms with E-state index in [1.54, 1.807) is 0 Å². The minimum absolute atomic E-state index is 0.666. The molecule has 0 atom stereocenters. The van der Waals surface area contributed by atoms with Gasteiger partial charge in [-0.3, -0.25) is 0 Å². The molecule has 0 radical (unpaired) electrons. The molecule has 1 saturated carbocycles. The molecule has 0 saturated heterocycles. The van der Waals surface area contributed by atoms with E-state index >= 15 is 0 Å². The third-order valence-corrected chi connectivity index (χ3v) is 3.62. The molecule has 0 spiro atoms. The fourth-order valence-corrected chi connectivity index (χ4v) is 2.38. The van der Waals surface area contributed by atoms with Gasteiger partial charge < -0.3 is 4.90 Å². The van der Waals surface area contributed by atoms with Crippen LogP contribution in [-0.2, 0) is 0 Å². The lowest BCUT2D eigenvalue weighted by molar-refractivity contribution is 0.0292. The van der Waals surface area contributed by atoms with Gasteiger partial charge in [-0.25, -0.2) is 0 Å². The van der Waals surface area contributed by atoms with Gasteiger partial charge in [0.25, 0.3) is 0 Å². The molecule has 0 heterocycles. The van der Waals surface area contributed by atoms with Gasteiger partial charge in [-0.1, -0.05) is 20.8 Å². The maximum atomic E-state index is 2.45. The van der Waals surface area contributed by atoms with Gasteiger partial charge in [-0.15, -0.1) is 0 Å². The predicted octanol–water partition coefficient (Wildman–Crippen LogP) is 3.01. The number of nitrogens with zero attached hydrogens (tertiary/aromatic N) is 1. The Bertz CT molecular complexity index is 149. The van der Waals surface area contributed by atoms with E-state index in [4.69, 9.17) is 0 Å². The monoisotopic (exact) mass is 183 g/mol. The molecule has 1 aliphatic carbocycles. The van der Waals surface area contributed by atoms with Crippen molar-refractivity contribution in [3.8, 4) is 0 Å². The molecule has 0 aliphatic heterocycles. The molecule has 0 aromatic carbocycles. The smallest absolute Gasteiger partial charge is 0.00196 e. The molecule has 13 heavy (non-hydrogen) atoms. The van der Waals surface area contributed by atoms with Gasteiger partial charge in [0, 0.05) is 0 Å². The van der Waals surface area contributed by atoms with Crippen molar-refractivity contribution in [1.29, 1.82) is 0 Å². The van der Waals surface area contributed by atoms with Crippen LogP contribution in [0.5, 0.6) is 0 Å². The van der Waals surface area contributed by atoms with Crippen molar-refractivity contribution in [3.05, 3.63) is 0 Å². The predicted molar refractivity (Wildman–Crippen MR) is 58.8 cm³/mol. The Morgan fingerprint density at radius 2 is 1.85 bits per heavy atom. The largest absolute Gasteiger partial charge is 0.309 e. The normalized spacial score (nSPS) is 33.9. The average Bonchev–Trinajstić information content (AvgIpc) is 1.95. The van der Waals surface area contributed by atoms with Gasteiger partial charge in [0.05, 0.1) is 0 Å². The molecule has 0 bridgehead atoms. The summed E-state index contributed by atoms with van der Waals surface area (Å²) in [4.78, 5) is 2.30. The van der Waals surface area contributed by atoms with Crippen LogP contribution in [0.3, 0.4) is 0 Å². The highest BCUT2D eigenvalue weighted by Crippen LogP contribution is 2.50. The molecule has 1 fully saturated rings. The summed E-state index contributed by atoms with van der Waals surface area (Å²) in [5.41, 5.74) is 0.666. The molecule has 0 unspecified atom stereocenters. The average molecular weight is 183 g/mol. The van der Waals surface area contributed by atoms with Crippen molar-refractivity contribution in [3.63, 3.8) is 0 Å². The lowest BCUT2D eigenvalue weighted by atomic mass is 9.58. The van der Waals surface area contributed by atoms with Crippen molar-refractivity contribution < 1.29 is 0 Å². The summed E-state index contributed by atoms with van der Waals surface area (Å²) in [6.07, 6.45) is 4.29. The summed E-state index contributed by atoms with van der Waals surface area (Å²) in [5.74, 6) is 1.90. The summed E-state index contributed by atoms with van der Waals surface area (Å²) >= 11 is 0. The fourth-order valence-electron chi connectivity index (χ4n) is 2.38. The maximum absolute atomic E-state index is 2.45. The van der Waals surface area contributed by atoms with Crippen molar-refractivity contribution in [2.45, 2.75) is 40.0 Å². The van der Waals surface area contributed by atoms with Gasteiger partial charge in [0.15, 0.2) is 0 Å². The molecule has 0 N–H and O–H groups in total. The van der Waals surface area contributed by atoms with Crippen molar-refractivity contribution in [2.75, 3.05) is 20.6 Å². The zero-order valence-electron chi connectivity index (χ0n) is 9.93. The first-order chi connectivity index (χ1) is 5.93. The lowest BCUT2D eigenvalue weighted by Crippen LogP contribution is -2.39. The van der Waals surface area contributed by atoms with E-state index in [0.29, 0.717) is 5.41 Å². The summed E-state index contributed by atoms with van der Waals surface area (Å²) < 4.78 is 0. The first-order valence-corrected chi connectivity index (χ1v) is 5.58. The summed E-state index contributed by atoms with van der Waals surface area (Å²) in [5, 5.41) is 0. The van der Waals surface area contributed by atoms with E-state index in [-0.39, 0.29) is 0 Å². The second-order valence-electron chi connectivity index (χ2n) is 5.78. The Hall–Kier alpha value is -0.0400. The van der Waals surface area contributed by atoms with Crippen LogP contribution >= 0.6 is 0 Å². The molecule has 0 amide bonds. The molecule has 1 heteroatoms. The summed E-state index contributed by atoms with van der Waals surface area (Å²) in [6.45, 7) is 8.42. The highest BCUT2D eigenvalue weighted by Gasteiger charge is 2.40. The topological polar surface area (TPSA) is 3.24 Å². The number of hydrogen-bond acceptors (Lipinski definition) is 1. The van der Waals surface area contributed by atoms with Crippen LogP contribution < -0.4 is 0 Å². The summed E-state index contributed by atoms with van der Waals surface area (Å²) in [7, 11) is 4.34. The van der Waals surface area contributed by atoms with Crippen LogP contribution in [0, 0.1) is 17.3 Å². The number of rotatable bonds is 4. The standard InChI is InChI=1S/C12H25N/c1-10(2)11-8-12(3,9-11)6-7-13(4)5/h10-11H,6-9H2,1-5H3. The second-order valence-corrected chi connectivity index (χ2v) is 5.78. The molecule has 78 valence electrons. The van der Waals surface area contributed by atoms with Gasteiger partial charge >= 0.3 is 0 Å². The van der Waals surface area contributed by atoms with E-state index in [9.17, 15) is 0 Å². The third-order valence-electron chi connectivity index (χ3n) is 3.62. The third kappa shape index (κ3) is 2.98. The SMILES string of the molecule is CC(C)C1CC(C)(CCN(C)C)C1. The molecule has 0 aromatic rings. The van der Waals surface area contributed by atoms with E-state index in [1.165, 1.54) is 25.8 Å². The Kier molecular flexibility index (Phi) is 3.39. The minimum Gasteiger partial charge on any atom is -0.309 e. The van der Waals surface area contributed by atoms with Crippen LogP contribution in [0.15, 0.2) is 0 Å². The minimum atomic E-state index is 0.666. The van der Waals surface area contributed by atoms with Crippen LogP contribution in [0.2, 0.25) is 0 Å². The van der Waals surface area contributed by atoms with E-state index in [2.05, 4.69) is 39.8 Å². The molecule has 1 aliphatic rings. The molecular weight excluding hydrogens is 158 g/mol. The highest BCUT2D eigenvalue weighted by atomic mass is 15.0. The van der Waals surface area contributed by atoms with E-state index in [1.807, 2.05) is 0 Å². The Labute approximate surface area is 83.5 Å². The molecule has 1 rings (SSSR count). The van der Waals surface area contributed by atoms with Gasteiger partial charge in [-0.05, 0) is 57.2 Å². The molecule has 0 aromatic heterocycles. The van der Waals surface area contributed by atoms with E-state index < -0.39 is 0 Å². The lowest BCUT2D eigenvalue weighted by Gasteiger charge is -2.48. The zero-order valence-corrected chi connectivity index (χ0v) is 9.93. The fraction of sp³-hybridized carbons (Fsp3) is 1.00. The quantitative estimate of drug-likeness (QED) is 0.647. The second kappa shape index (κ2) is 4.00. The maximum Gasteiger partial charge on any atom is -0.00196 e. The van der Waals surface area contributed by atoms with Gasteiger partial charge in [0.2, 0.25) is 0 Å². The Morgan fingerprint density at radius 1 is 1.31 bits per heavy atom. The van der Waals surface area contributed by atoms with Crippen molar-refractivity contribution >= 4 is 0 Å².